The smallest absolute Gasteiger partial charge is 0.0708 e. The van der Waals surface area contributed by atoms with E-state index >= 15 is 0 Å². The minimum atomic E-state index is 0.250. The van der Waals surface area contributed by atoms with E-state index in [9.17, 15) is 5.26 Å². The summed E-state index contributed by atoms with van der Waals surface area (Å²) in [6.45, 7) is 0. The van der Waals surface area contributed by atoms with Crippen molar-refractivity contribution in [3.05, 3.63) is 115 Å². The molecule has 0 saturated heterocycles. The van der Waals surface area contributed by atoms with E-state index in [4.69, 9.17) is 0 Å². The number of nitriles is 1. The molecule has 4 nitrogen and oxygen atoms in total. The number of para-hydroxylation sites is 3. The SMILES string of the molecule is N#CC/C(=C(\Nc1ccccc1)c1ccnc2ccccc12)c1ccnc2ccccc12. The summed E-state index contributed by atoms with van der Waals surface area (Å²) >= 11 is 0. The molecule has 4 heteroatoms. The van der Waals surface area contributed by atoms with E-state index in [1.165, 1.54) is 0 Å². The van der Waals surface area contributed by atoms with Gasteiger partial charge in [-0.05, 0) is 47.5 Å². The van der Waals surface area contributed by atoms with Crippen molar-refractivity contribution >= 4 is 38.8 Å². The van der Waals surface area contributed by atoms with Crippen molar-refractivity contribution < 1.29 is 0 Å². The molecular formula is C28H20N4. The van der Waals surface area contributed by atoms with Gasteiger partial charge < -0.3 is 5.32 Å². The molecule has 0 aliphatic carbocycles. The van der Waals surface area contributed by atoms with Crippen LogP contribution in [0.3, 0.4) is 0 Å². The number of rotatable bonds is 5. The Kier molecular flexibility index (Phi) is 5.30. The van der Waals surface area contributed by atoms with Gasteiger partial charge in [0.25, 0.3) is 0 Å². The van der Waals surface area contributed by atoms with Crippen molar-refractivity contribution in [1.82, 2.24) is 9.97 Å². The number of hydrogen-bond acceptors (Lipinski definition) is 4. The number of pyridine rings is 2. The number of hydrogen-bond donors (Lipinski definition) is 1. The van der Waals surface area contributed by atoms with Gasteiger partial charge in [0.05, 0.1) is 29.2 Å². The fraction of sp³-hybridized carbons (Fsp3) is 0.0357. The summed E-state index contributed by atoms with van der Waals surface area (Å²) in [5.74, 6) is 0. The Morgan fingerprint density at radius 2 is 1.25 bits per heavy atom. The topological polar surface area (TPSA) is 61.6 Å². The first-order valence-corrected chi connectivity index (χ1v) is 10.5. The molecule has 0 fully saturated rings. The Morgan fingerprint density at radius 3 is 1.91 bits per heavy atom. The lowest BCUT2D eigenvalue weighted by atomic mass is 9.93. The van der Waals surface area contributed by atoms with Crippen LogP contribution in [0.1, 0.15) is 17.5 Å². The van der Waals surface area contributed by atoms with E-state index < -0.39 is 0 Å². The van der Waals surface area contributed by atoms with Crippen LogP contribution in [0.15, 0.2) is 103 Å². The Balaban J connectivity index is 1.85. The first-order chi connectivity index (χ1) is 15.8. The average Bonchev–Trinajstić information content (AvgIpc) is 2.86. The zero-order valence-corrected chi connectivity index (χ0v) is 17.4. The second kappa shape index (κ2) is 8.71. The average molecular weight is 412 g/mol. The maximum absolute atomic E-state index is 9.81. The molecule has 3 aromatic carbocycles. The second-order valence-corrected chi connectivity index (χ2v) is 7.43. The third kappa shape index (κ3) is 3.68. The number of aromatic nitrogens is 2. The summed E-state index contributed by atoms with van der Waals surface area (Å²) in [6, 6.07) is 32.5. The van der Waals surface area contributed by atoms with Crippen LogP contribution in [0, 0.1) is 11.3 Å². The molecule has 0 unspecified atom stereocenters. The molecule has 2 heterocycles. The molecule has 5 aromatic rings. The van der Waals surface area contributed by atoms with Crippen molar-refractivity contribution in [2.75, 3.05) is 5.32 Å². The number of anilines is 1. The summed E-state index contributed by atoms with van der Waals surface area (Å²) in [5.41, 5.74) is 6.59. The molecule has 0 bridgehead atoms. The number of nitrogens with zero attached hydrogens (tertiary/aromatic N) is 3. The molecule has 0 spiro atoms. The minimum absolute atomic E-state index is 0.250. The van der Waals surface area contributed by atoms with Gasteiger partial charge in [-0.2, -0.15) is 5.26 Å². The fourth-order valence-electron chi connectivity index (χ4n) is 4.04. The minimum Gasteiger partial charge on any atom is -0.355 e. The van der Waals surface area contributed by atoms with Crippen LogP contribution in [-0.4, -0.2) is 9.97 Å². The molecule has 0 atom stereocenters. The van der Waals surface area contributed by atoms with Crippen LogP contribution in [0.4, 0.5) is 5.69 Å². The Morgan fingerprint density at radius 1 is 0.688 bits per heavy atom. The highest BCUT2D eigenvalue weighted by Gasteiger charge is 2.17. The normalized spacial score (nSPS) is 11.7. The predicted molar refractivity (Wildman–Crippen MR) is 131 cm³/mol. The van der Waals surface area contributed by atoms with Crippen molar-refractivity contribution in [1.29, 1.82) is 5.26 Å². The van der Waals surface area contributed by atoms with Gasteiger partial charge in [-0.25, -0.2) is 0 Å². The first kappa shape index (κ1) is 19.5. The highest BCUT2D eigenvalue weighted by atomic mass is 14.9. The summed E-state index contributed by atoms with van der Waals surface area (Å²) in [7, 11) is 0. The maximum atomic E-state index is 9.81. The number of benzene rings is 3. The summed E-state index contributed by atoms with van der Waals surface area (Å²) < 4.78 is 0. The molecule has 5 rings (SSSR count). The fourth-order valence-corrected chi connectivity index (χ4v) is 4.04. The molecule has 0 aliphatic heterocycles. The maximum Gasteiger partial charge on any atom is 0.0708 e. The largest absolute Gasteiger partial charge is 0.355 e. The van der Waals surface area contributed by atoms with Crippen LogP contribution < -0.4 is 5.32 Å². The molecule has 0 amide bonds. The van der Waals surface area contributed by atoms with Gasteiger partial charge in [0.15, 0.2) is 0 Å². The third-order valence-corrected chi connectivity index (χ3v) is 5.49. The second-order valence-electron chi connectivity index (χ2n) is 7.43. The molecule has 0 saturated carbocycles. The third-order valence-electron chi connectivity index (χ3n) is 5.49. The van der Waals surface area contributed by atoms with Gasteiger partial charge in [0, 0.05) is 34.4 Å². The van der Waals surface area contributed by atoms with Crippen molar-refractivity contribution in [2.45, 2.75) is 6.42 Å². The molecule has 1 N–H and O–H groups in total. The van der Waals surface area contributed by atoms with Gasteiger partial charge in [0.1, 0.15) is 0 Å². The lowest BCUT2D eigenvalue weighted by Gasteiger charge is -2.19. The molecule has 152 valence electrons. The monoisotopic (exact) mass is 412 g/mol. The predicted octanol–water partition coefficient (Wildman–Crippen LogP) is 6.68. The van der Waals surface area contributed by atoms with Crippen molar-refractivity contribution in [2.24, 2.45) is 0 Å². The molecular weight excluding hydrogens is 392 g/mol. The molecule has 32 heavy (non-hydrogen) atoms. The number of nitrogens with one attached hydrogen (secondary N) is 1. The van der Waals surface area contributed by atoms with Gasteiger partial charge in [-0.1, -0.05) is 54.6 Å². The van der Waals surface area contributed by atoms with Gasteiger partial charge in [-0.15, -0.1) is 0 Å². The number of fused-ring (bicyclic) bond motifs is 2. The van der Waals surface area contributed by atoms with Crippen LogP contribution in [0.25, 0.3) is 33.1 Å². The highest BCUT2D eigenvalue weighted by molar-refractivity contribution is 6.07. The Hall–Kier alpha value is -4.49. The number of allylic oxidation sites excluding steroid dienone is 1. The Bertz CT molecular complexity index is 1470. The summed E-state index contributed by atoms with van der Waals surface area (Å²) in [4.78, 5) is 9.05. The van der Waals surface area contributed by atoms with E-state index in [1.807, 2.05) is 85.1 Å². The molecule has 0 radical (unpaired) electrons. The van der Waals surface area contributed by atoms with Crippen LogP contribution in [0.5, 0.6) is 0 Å². The van der Waals surface area contributed by atoms with E-state index in [0.717, 1.165) is 49.9 Å². The van der Waals surface area contributed by atoms with E-state index in [0.29, 0.717) is 0 Å². The van der Waals surface area contributed by atoms with E-state index in [2.05, 4.69) is 33.5 Å². The standard InChI is InChI=1S/C28H20N4/c29-17-14-24(21-15-18-30-26-12-6-4-10-22(21)26)28(32-20-8-2-1-3-9-20)25-16-19-31-27-13-7-5-11-23(25)27/h1-13,15-16,18-19,32H,14H2/b28-24+. The molecule has 2 aromatic heterocycles. The highest BCUT2D eigenvalue weighted by Crippen LogP contribution is 2.35. The van der Waals surface area contributed by atoms with E-state index in [1.54, 1.807) is 6.20 Å². The zero-order valence-electron chi connectivity index (χ0n) is 17.4. The van der Waals surface area contributed by atoms with Crippen LogP contribution in [-0.2, 0) is 0 Å². The zero-order chi connectivity index (χ0) is 21.8. The quantitative estimate of drug-likeness (QED) is 0.350. The van der Waals surface area contributed by atoms with Crippen LogP contribution in [0.2, 0.25) is 0 Å². The van der Waals surface area contributed by atoms with Gasteiger partial charge >= 0.3 is 0 Å². The lowest BCUT2D eigenvalue weighted by molar-refractivity contribution is 1.33. The summed E-state index contributed by atoms with van der Waals surface area (Å²) in [6.07, 6.45) is 3.87. The van der Waals surface area contributed by atoms with Gasteiger partial charge in [-0.3, -0.25) is 9.97 Å². The van der Waals surface area contributed by atoms with Gasteiger partial charge in [0.2, 0.25) is 0 Å². The van der Waals surface area contributed by atoms with Crippen molar-refractivity contribution in [3.8, 4) is 6.07 Å². The molecule has 0 aliphatic rings. The van der Waals surface area contributed by atoms with Crippen molar-refractivity contribution in [3.63, 3.8) is 0 Å². The first-order valence-electron chi connectivity index (χ1n) is 10.5. The Labute approximate surface area is 186 Å². The lowest BCUT2D eigenvalue weighted by Crippen LogP contribution is -2.05. The van der Waals surface area contributed by atoms with Crippen LogP contribution >= 0.6 is 0 Å². The van der Waals surface area contributed by atoms with E-state index in [-0.39, 0.29) is 6.42 Å². The summed E-state index contributed by atoms with van der Waals surface area (Å²) in [5, 5.41) is 15.5.